The van der Waals surface area contributed by atoms with Crippen LogP contribution in [0.4, 0.5) is 0 Å². The van der Waals surface area contributed by atoms with Crippen LogP contribution in [0.3, 0.4) is 0 Å². The lowest BCUT2D eigenvalue weighted by Gasteiger charge is -2.14. The first-order valence-electron chi connectivity index (χ1n) is 8.92. The van der Waals surface area contributed by atoms with Gasteiger partial charge in [-0.05, 0) is 30.0 Å². The molecule has 1 heterocycles. The molecule has 0 aliphatic heterocycles. The smallest absolute Gasteiger partial charge is 0.191 e. The van der Waals surface area contributed by atoms with Crippen LogP contribution >= 0.6 is 0 Å². The monoisotopic (exact) mass is 350 g/mol. The second-order valence-electron chi connectivity index (χ2n) is 6.09. The van der Waals surface area contributed by atoms with Crippen LogP contribution in [0.15, 0.2) is 65.8 Å². The molecule has 0 saturated carbocycles. The predicted octanol–water partition coefficient (Wildman–Crippen LogP) is 3.41. The Morgan fingerprint density at radius 1 is 1.04 bits per heavy atom. The van der Waals surface area contributed by atoms with Gasteiger partial charge in [-0.25, -0.2) is 0 Å². The largest absolute Gasteiger partial charge is 0.496 e. The Balaban J connectivity index is 1.46. The molecule has 0 saturated heterocycles. The van der Waals surface area contributed by atoms with Crippen molar-refractivity contribution in [3.63, 3.8) is 0 Å². The first-order chi connectivity index (χ1) is 12.8. The molecular formula is C21H26N4O. The Bertz CT molecular complexity index is 869. The Kier molecular flexibility index (Phi) is 6.14. The molecule has 0 fully saturated rings. The molecule has 0 spiro atoms. The van der Waals surface area contributed by atoms with Gasteiger partial charge in [-0.3, -0.25) is 4.99 Å². The fraction of sp³-hybridized carbons (Fsp3) is 0.286. The first kappa shape index (κ1) is 17.9. The molecule has 1 aromatic heterocycles. The maximum atomic E-state index is 5.38. The van der Waals surface area contributed by atoms with E-state index >= 15 is 0 Å². The van der Waals surface area contributed by atoms with Crippen LogP contribution in [0.5, 0.6) is 5.75 Å². The summed E-state index contributed by atoms with van der Waals surface area (Å²) in [6.07, 6.45) is 3.17. The number of hydrogen-bond donors (Lipinski definition) is 2. The van der Waals surface area contributed by atoms with Gasteiger partial charge in [0, 0.05) is 44.0 Å². The third-order valence-corrected chi connectivity index (χ3v) is 4.41. The van der Waals surface area contributed by atoms with E-state index in [-0.39, 0.29) is 0 Å². The minimum Gasteiger partial charge on any atom is -0.496 e. The summed E-state index contributed by atoms with van der Waals surface area (Å²) < 4.78 is 7.68. The van der Waals surface area contributed by atoms with Crippen molar-refractivity contribution in [1.82, 2.24) is 15.2 Å². The van der Waals surface area contributed by atoms with Gasteiger partial charge < -0.3 is 19.9 Å². The molecule has 3 rings (SSSR count). The number of aromatic nitrogens is 1. The van der Waals surface area contributed by atoms with E-state index in [1.807, 2.05) is 18.2 Å². The molecule has 0 aliphatic carbocycles. The zero-order valence-electron chi connectivity index (χ0n) is 15.4. The molecule has 2 aromatic carbocycles. The summed E-state index contributed by atoms with van der Waals surface area (Å²) in [5.74, 6) is 1.68. The van der Waals surface area contributed by atoms with Gasteiger partial charge in [0.15, 0.2) is 5.96 Å². The summed E-state index contributed by atoms with van der Waals surface area (Å²) in [5.41, 5.74) is 2.39. The maximum Gasteiger partial charge on any atom is 0.191 e. The van der Waals surface area contributed by atoms with Crippen molar-refractivity contribution in [3.8, 4) is 5.75 Å². The van der Waals surface area contributed by atoms with Gasteiger partial charge in [0.2, 0.25) is 0 Å². The number of rotatable bonds is 7. The second-order valence-corrected chi connectivity index (χ2v) is 6.09. The number of guanidine groups is 1. The molecule has 3 aromatic rings. The predicted molar refractivity (Wildman–Crippen MR) is 108 cm³/mol. The van der Waals surface area contributed by atoms with E-state index in [1.165, 1.54) is 10.9 Å². The van der Waals surface area contributed by atoms with Crippen molar-refractivity contribution in [2.24, 2.45) is 4.99 Å². The number of benzene rings is 2. The SMILES string of the molecule is CN=C(NCCCn1ccc2ccccc21)NCc1ccccc1OC. The van der Waals surface area contributed by atoms with Gasteiger partial charge in [0.1, 0.15) is 5.75 Å². The molecule has 0 amide bonds. The number of nitrogens with one attached hydrogen (secondary N) is 2. The Morgan fingerprint density at radius 2 is 1.85 bits per heavy atom. The minimum absolute atomic E-state index is 0.673. The van der Waals surface area contributed by atoms with Crippen molar-refractivity contribution in [2.45, 2.75) is 19.5 Å². The van der Waals surface area contributed by atoms with Gasteiger partial charge in [-0.2, -0.15) is 0 Å². The number of hydrogen-bond acceptors (Lipinski definition) is 2. The maximum absolute atomic E-state index is 5.38. The van der Waals surface area contributed by atoms with E-state index < -0.39 is 0 Å². The van der Waals surface area contributed by atoms with E-state index in [0.717, 1.165) is 36.8 Å². The standard InChI is InChI=1S/C21H26N4O/c1-22-21(24-16-18-9-4-6-11-20(18)26-2)23-13-7-14-25-15-12-17-8-3-5-10-19(17)25/h3-6,8-12,15H,7,13-14,16H2,1-2H3,(H2,22,23,24). The van der Waals surface area contributed by atoms with Crippen molar-refractivity contribution in [2.75, 3.05) is 20.7 Å². The first-order valence-corrected chi connectivity index (χ1v) is 8.92. The van der Waals surface area contributed by atoms with Crippen LogP contribution in [0.1, 0.15) is 12.0 Å². The summed E-state index contributed by atoms with van der Waals surface area (Å²) in [4.78, 5) is 4.29. The van der Waals surface area contributed by atoms with Gasteiger partial charge >= 0.3 is 0 Å². The van der Waals surface area contributed by atoms with Crippen LogP contribution in [0, 0.1) is 0 Å². The molecular weight excluding hydrogens is 324 g/mol. The Morgan fingerprint density at radius 3 is 2.69 bits per heavy atom. The average Bonchev–Trinajstić information content (AvgIpc) is 3.11. The van der Waals surface area contributed by atoms with E-state index in [4.69, 9.17) is 4.74 Å². The highest BCUT2D eigenvalue weighted by Gasteiger charge is 2.04. The van der Waals surface area contributed by atoms with Gasteiger partial charge in [-0.15, -0.1) is 0 Å². The normalized spacial score (nSPS) is 11.5. The van der Waals surface area contributed by atoms with Gasteiger partial charge in [0.25, 0.3) is 0 Å². The molecule has 0 bridgehead atoms. The van der Waals surface area contributed by atoms with E-state index in [2.05, 4.69) is 62.8 Å². The number of fused-ring (bicyclic) bond motifs is 1. The van der Waals surface area contributed by atoms with Gasteiger partial charge in [0.05, 0.1) is 7.11 Å². The van der Waals surface area contributed by atoms with E-state index in [9.17, 15) is 0 Å². The summed E-state index contributed by atoms with van der Waals surface area (Å²) >= 11 is 0. The molecule has 136 valence electrons. The van der Waals surface area contributed by atoms with Crippen LogP contribution in [0.2, 0.25) is 0 Å². The van der Waals surface area contributed by atoms with Crippen molar-refractivity contribution in [1.29, 1.82) is 0 Å². The summed E-state index contributed by atoms with van der Waals surface area (Å²) in [6, 6.07) is 18.6. The lowest BCUT2D eigenvalue weighted by atomic mass is 10.2. The van der Waals surface area contributed by atoms with Crippen molar-refractivity contribution >= 4 is 16.9 Å². The minimum atomic E-state index is 0.673. The highest BCUT2D eigenvalue weighted by molar-refractivity contribution is 5.80. The molecule has 26 heavy (non-hydrogen) atoms. The molecule has 0 atom stereocenters. The number of methoxy groups -OCH3 is 1. The van der Waals surface area contributed by atoms with Crippen LogP contribution in [-0.4, -0.2) is 31.2 Å². The third kappa shape index (κ3) is 4.36. The number of aliphatic imine (C=N–C) groups is 1. The second kappa shape index (κ2) is 8.94. The van der Waals surface area contributed by atoms with Crippen LogP contribution < -0.4 is 15.4 Å². The van der Waals surface area contributed by atoms with Crippen LogP contribution in [0.25, 0.3) is 10.9 Å². The van der Waals surface area contributed by atoms with Crippen LogP contribution in [-0.2, 0) is 13.1 Å². The Hall–Kier alpha value is -2.95. The lowest BCUT2D eigenvalue weighted by molar-refractivity contribution is 0.409. The highest BCUT2D eigenvalue weighted by Crippen LogP contribution is 2.17. The Labute approximate surface area is 154 Å². The average molecular weight is 350 g/mol. The topological polar surface area (TPSA) is 50.6 Å². The number of nitrogens with zero attached hydrogens (tertiary/aromatic N) is 2. The molecule has 5 nitrogen and oxygen atoms in total. The number of aryl methyl sites for hydroxylation is 1. The lowest BCUT2D eigenvalue weighted by Crippen LogP contribution is -2.37. The van der Waals surface area contributed by atoms with Crippen molar-refractivity contribution < 1.29 is 4.74 Å². The molecule has 0 radical (unpaired) electrons. The summed E-state index contributed by atoms with van der Waals surface area (Å²) in [5, 5.41) is 7.99. The van der Waals surface area contributed by atoms with Crippen molar-refractivity contribution in [3.05, 3.63) is 66.4 Å². The zero-order chi connectivity index (χ0) is 18.2. The summed E-state index contributed by atoms with van der Waals surface area (Å²) in [6.45, 7) is 2.51. The highest BCUT2D eigenvalue weighted by atomic mass is 16.5. The number of ether oxygens (including phenoxy) is 1. The quantitative estimate of drug-likeness (QED) is 0.390. The zero-order valence-corrected chi connectivity index (χ0v) is 15.4. The fourth-order valence-electron chi connectivity index (χ4n) is 3.04. The molecule has 2 N–H and O–H groups in total. The van der Waals surface area contributed by atoms with E-state index in [1.54, 1.807) is 14.2 Å². The fourth-order valence-corrected chi connectivity index (χ4v) is 3.04. The van der Waals surface area contributed by atoms with E-state index in [0.29, 0.717) is 6.54 Å². The molecule has 0 unspecified atom stereocenters. The summed E-state index contributed by atoms with van der Waals surface area (Å²) in [7, 11) is 3.48. The molecule has 5 heteroatoms. The third-order valence-electron chi connectivity index (χ3n) is 4.41. The van der Waals surface area contributed by atoms with Gasteiger partial charge in [-0.1, -0.05) is 36.4 Å². The molecule has 0 aliphatic rings. The number of para-hydroxylation sites is 2.